The molecule has 0 fully saturated rings. The number of carbonyl (C=O) groups excluding carboxylic acids is 1. The fraction of sp³-hybridized carbons (Fsp3) is 0.824. The van der Waals surface area contributed by atoms with Crippen molar-refractivity contribution >= 4 is 12.2 Å². The summed E-state index contributed by atoms with van der Waals surface area (Å²) in [5, 5.41) is 19.5. The van der Waals surface area contributed by atoms with Crippen LogP contribution in [0.5, 0.6) is 0 Å². The van der Waals surface area contributed by atoms with Crippen LogP contribution in [0.3, 0.4) is 0 Å². The van der Waals surface area contributed by atoms with Crippen LogP contribution in [0, 0.1) is 22.8 Å². The van der Waals surface area contributed by atoms with E-state index >= 15 is 0 Å². The van der Waals surface area contributed by atoms with E-state index in [2.05, 4.69) is 19.2 Å². The van der Waals surface area contributed by atoms with Crippen molar-refractivity contribution in [2.24, 2.45) is 5.92 Å². The standard InChI is InChI=1S/C17H32N4O/c1-16(2)11-8-6-4-3-5-7-9-12-20-17(19)21(15-18)13-10-14-22/h14,16H,3-13H2,1-2H3,(H2,19,20). The Bertz CT molecular complexity index is 336. The Morgan fingerprint density at radius 3 is 2.32 bits per heavy atom. The topological polar surface area (TPSA) is 80.0 Å². The van der Waals surface area contributed by atoms with E-state index in [1.807, 2.05) is 6.19 Å². The lowest BCUT2D eigenvalue weighted by Crippen LogP contribution is -2.38. The SMILES string of the molecule is CC(C)CCCCCCCCCNC(=N)N(C#N)CCC=O. The smallest absolute Gasteiger partial charge is 0.204 e. The van der Waals surface area contributed by atoms with E-state index in [1.54, 1.807) is 0 Å². The highest BCUT2D eigenvalue weighted by Gasteiger charge is 2.07. The third-order valence-corrected chi connectivity index (χ3v) is 3.61. The first-order valence-corrected chi connectivity index (χ1v) is 8.55. The van der Waals surface area contributed by atoms with E-state index in [1.165, 1.54) is 43.4 Å². The fourth-order valence-corrected chi connectivity index (χ4v) is 2.26. The summed E-state index contributed by atoms with van der Waals surface area (Å²) in [6.07, 6.45) is 13.0. The van der Waals surface area contributed by atoms with Crippen molar-refractivity contribution in [2.75, 3.05) is 13.1 Å². The molecule has 0 saturated carbocycles. The zero-order valence-electron chi connectivity index (χ0n) is 14.2. The number of guanidine groups is 1. The van der Waals surface area contributed by atoms with Crippen molar-refractivity contribution in [3.63, 3.8) is 0 Å². The summed E-state index contributed by atoms with van der Waals surface area (Å²) in [5.74, 6) is 0.916. The lowest BCUT2D eigenvalue weighted by Gasteiger charge is -2.16. The van der Waals surface area contributed by atoms with E-state index < -0.39 is 0 Å². The van der Waals surface area contributed by atoms with E-state index in [4.69, 9.17) is 10.7 Å². The molecule has 0 spiro atoms. The molecule has 0 aromatic rings. The van der Waals surface area contributed by atoms with Crippen LogP contribution in [0.15, 0.2) is 0 Å². The van der Waals surface area contributed by atoms with E-state index in [9.17, 15) is 4.79 Å². The first-order chi connectivity index (χ1) is 10.6. The lowest BCUT2D eigenvalue weighted by molar-refractivity contribution is -0.107. The van der Waals surface area contributed by atoms with Gasteiger partial charge in [0.05, 0.1) is 0 Å². The third kappa shape index (κ3) is 12.2. The molecule has 5 heteroatoms. The minimum Gasteiger partial charge on any atom is -0.356 e. The molecule has 0 unspecified atom stereocenters. The van der Waals surface area contributed by atoms with Crippen molar-refractivity contribution in [3.8, 4) is 6.19 Å². The van der Waals surface area contributed by atoms with Crippen LogP contribution in [0.2, 0.25) is 0 Å². The van der Waals surface area contributed by atoms with Crippen molar-refractivity contribution < 1.29 is 4.79 Å². The van der Waals surface area contributed by atoms with Gasteiger partial charge in [0, 0.05) is 19.5 Å². The number of nitrogens with zero attached hydrogens (tertiary/aromatic N) is 2. The quantitative estimate of drug-likeness (QED) is 0.136. The van der Waals surface area contributed by atoms with Gasteiger partial charge in [0.1, 0.15) is 6.29 Å². The van der Waals surface area contributed by atoms with Gasteiger partial charge in [-0.25, -0.2) is 4.90 Å². The molecule has 0 rings (SSSR count). The van der Waals surface area contributed by atoms with Crippen LogP contribution < -0.4 is 5.32 Å². The average molecular weight is 308 g/mol. The first kappa shape index (κ1) is 20.4. The van der Waals surface area contributed by atoms with Crippen LogP contribution >= 0.6 is 0 Å². The second-order valence-corrected chi connectivity index (χ2v) is 6.14. The molecule has 0 aromatic heterocycles. The maximum absolute atomic E-state index is 10.3. The van der Waals surface area contributed by atoms with Crippen LogP contribution in [-0.2, 0) is 4.79 Å². The van der Waals surface area contributed by atoms with Crippen LogP contribution in [0.4, 0.5) is 0 Å². The first-order valence-electron chi connectivity index (χ1n) is 8.55. The summed E-state index contributed by atoms with van der Waals surface area (Å²) in [7, 11) is 0. The molecule has 22 heavy (non-hydrogen) atoms. The number of unbranched alkanes of at least 4 members (excludes halogenated alkanes) is 6. The zero-order chi connectivity index (χ0) is 16.6. The van der Waals surface area contributed by atoms with Crippen molar-refractivity contribution in [3.05, 3.63) is 0 Å². The monoisotopic (exact) mass is 308 g/mol. The fourth-order valence-electron chi connectivity index (χ4n) is 2.26. The highest BCUT2D eigenvalue weighted by Crippen LogP contribution is 2.11. The zero-order valence-corrected chi connectivity index (χ0v) is 14.2. The van der Waals surface area contributed by atoms with Gasteiger partial charge in [-0.05, 0) is 12.3 Å². The Balaban J connectivity index is 3.43. The highest BCUT2D eigenvalue weighted by molar-refractivity contribution is 5.78. The van der Waals surface area contributed by atoms with E-state index in [-0.39, 0.29) is 18.9 Å². The van der Waals surface area contributed by atoms with E-state index in [0.29, 0.717) is 6.54 Å². The maximum atomic E-state index is 10.3. The molecule has 0 aliphatic carbocycles. The summed E-state index contributed by atoms with van der Waals surface area (Å²) in [6, 6.07) is 0. The molecule has 0 aliphatic rings. The number of aldehydes is 1. The summed E-state index contributed by atoms with van der Waals surface area (Å²) in [6.45, 7) is 5.54. The number of carbonyl (C=O) groups is 1. The van der Waals surface area contributed by atoms with Crippen LogP contribution in [0.25, 0.3) is 0 Å². The second-order valence-electron chi connectivity index (χ2n) is 6.14. The number of hydrogen-bond donors (Lipinski definition) is 2. The molecule has 0 aliphatic heterocycles. The summed E-state index contributed by atoms with van der Waals surface area (Å²) < 4.78 is 0. The van der Waals surface area contributed by atoms with Crippen LogP contribution in [-0.4, -0.2) is 30.2 Å². The van der Waals surface area contributed by atoms with Gasteiger partial charge < -0.3 is 10.1 Å². The molecule has 0 heterocycles. The van der Waals surface area contributed by atoms with Gasteiger partial charge in [0.15, 0.2) is 6.19 Å². The summed E-state index contributed by atoms with van der Waals surface area (Å²) in [4.78, 5) is 11.5. The molecule has 0 amide bonds. The Labute approximate surface area is 135 Å². The summed E-state index contributed by atoms with van der Waals surface area (Å²) >= 11 is 0. The minimum absolute atomic E-state index is 0.0954. The van der Waals surface area contributed by atoms with Crippen LogP contribution in [0.1, 0.15) is 71.6 Å². The number of rotatable bonds is 13. The van der Waals surface area contributed by atoms with Gasteiger partial charge in [0.2, 0.25) is 5.96 Å². The van der Waals surface area contributed by atoms with Crippen molar-refractivity contribution in [1.82, 2.24) is 10.2 Å². The normalized spacial score (nSPS) is 10.3. The van der Waals surface area contributed by atoms with E-state index in [0.717, 1.165) is 25.0 Å². The third-order valence-electron chi connectivity index (χ3n) is 3.61. The maximum Gasteiger partial charge on any atom is 0.204 e. The van der Waals surface area contributed by atoms with Crippen molar-refractivity contribution in [1.29, 1.82) is 10.7 Å². The number of nitriles is 1. The van der Waals surface area contributed by atoms with Gasteiger partial charge in [-0.1, -0.05) is 58.8 Å². The van der Waals surface area contributed by atoms with Gasteiger partial charge in [-0.15, -0.1) is 0 Å². The second kappa shape index (κ2) is 14.4. The van der Waals surface area contributed by atoms with Gasteiger partial charge in [-0.3, -0.25) is 5.41 Å². The Morgan fingerprint density at radius 2 is 1.77 bits per heavy atom. The summed E-state index contributed by atoms with van der Waals surface area (Å²) in [5.41, 5.74) is 0. The largest absolute Gasteiger partial charge is 0.356 e. The molecular formula is C17H32N4O. The predicted octanol–water partition coefficient (Wildman–Crippen LogP) is 3.66. The Hall–Kier alpha value is -1.57. The molecular weight excluding hydrogens is 276 g/mol. The molecule has 0 aromatic carbocycles. The highest BCUT2D eigenvalue weighted by atomic mass is 16.1. The average Bonchev–Trinajstić information content (AvgIpc) is 2.49. The Kier molecular flexibility index (Phi) is 13.3. The molecule has 5 nitrogen and oxygen atoms in total. The molecule has 0 radical (unpaired) electrons. The molecule has 0 bridgehead atoms. The molecule has 126 valence electrons. The molecule has 0 saturated heterocycles. The van der Waals surface area contributed by atoms with Gasteiger partial charge >= 0.3 is 0 Å². The minimum atomic E-state index is 0.0954. The molecule has 0 atom stereocenters. The number of hydrogen-bond acceptors (Lipinski definition) is 3. The van der Waals surface area contributed by atoms with Gasteiger partial charge in [0.25, 0.3) is 0 Å². The Morgan fingerprint density at radius 1 is 1.18 bits per heavy atom. The molecule has 2 N–H and O–H groups in total. The van der Waals surface area contributed by atoms with Gasteiger partial charge in [-0.2, -0.15) is 5.26 Å². The lowest BCUT2D eigenvalue weighted by atomic mass is 10.0. The van der Waals surface area contributed by atoms with Crippen molar-refractivity contribution in [2.45, 2.75) is 71.6 Å². The number of nitrogens with one attached hydrogen (secondary N) is 2. The predicted molar refractivity (Wildman–Crippen MR) is 90.5 cm³/mol.